The minimum absolute atomic E-state index is 0.172. The van der Waals surface area contributed by atoms with Crippen molar-refractivity contribution in [1.82, 2.24) is 4.98 Å². The van der Waals surface area contributed by atoms with Crippen molar-refractivity contribution >= 4 is 22.4 Å². The molecule has 0 atom stereocenters. The fourth-order valence-electron chi connectivity index (χ4n) is 1.86. The Kier molecular flexibility index (Phi) is 3.88. The summed E-state index contributed by atoms with van der Waals surface area (Å²) in [6, 6.07) is 7.76. The van der Waals surface area contributed by atoms with Gasteiger partial charge in [-0.05, 0) is 30.3 Å². The zero-order valence-electron chi connectivity index (χ0n) is 11.5. The number of benzene rings is 1. The summed E-state index contributed by atoms with van der Waals surface area (Å²) in [5.74, 6) is -0.474. The van der Waals surface area contributed by atoms with Crippen LogP contribution in [0.3, 0.4) is 0 Å². The van der Waals surface area contributed by atoms with Crippen molar-refractivity contribution < 1.29 is 18.3 Å². The van der Waals surface area contributed by atoms with Gasteiger partial charge in [0.1, 0.15) is 0 Å². The minimum Gasteiger partial charge on any atom is -0.494 e. The first-order chi connectivity index (χ1) is 10.7. The van der Waals surface area contributed by atoms with Crippen molar-refractivity contribution in [1.29, 1.82) is 0 Å². The monoisotopic (exact) mass is 318 g/mol. The van der Waals surface area contributed by atoms with Gasteiger partial charge in [-0.1, -0.05) is 0 Å². The summed E-state index contributed by atoms with van der Waals surface area (Å²) in [7, 11) is 1.41. The lowest BCUT2D eigenvalue weighted by atomic mass is 10.1. The summed E-state index contributed by atoms with van der Waals surface area (Å²) in [4.78, 5) is 16.1. The van der Waals surface area contributed by atoms with Crippen LogP contribution in [0.5, 0.6) is 5.75 Å². The molecule has 0 saturated carbocycles. The second kappa shape index (κ2) is 5.98. The molecule has 0 saturated heterocycles. The molecule has 0 bridgehead atoms. The lowest BCUT2D eigenvalue weighted by molar-refractivity contribution is 0.0996. The van der Waals surface area contributed by atoms with Crippen molar-refractivity contribution in [2.45, 2.75) is 0 Å². The van der Waals surface area contributed by atoms with E-state index >= 15 is 0 Å². The maximum absolute atomic E-state index is 13.7. The molecule has 0 aliphatic rings. The molecule has 0 spiro atoms. The van der Waals surface area contributed by atoms with Crippen LogP contribution in [0.25, 0.3) is 11.3 Å². The first-order valence-electron chi connectivity index (χ1n) is 6.31. The number of nitrogens with one attached hydrogen (secondary N) is 1. The number of thiazole rings is 1. The first kappa shape index (κ1) is 14.3. The molecule has 7 heteroatoms. The number of methoxy groups -OCH3 is 1. The maximum Gasteiger partial charge on any atom is 0.293 e. The molecule has 2 aromatic heterocycles. The van der Waals surface area contributed by atoms with E-state index in [2.05, 4.69) is 10.3 Å². The highest BCUT2D eigenvalue weighted by Crippen LogP contribution is 2.28. The predicted octanol–water partition coefficient (Wildman–Crippen LogP) is 3.80. The number of ether oxygens (including phenoxy) is 1. The number of hydrogen-bond donors (Lipinski definition) is 1. The third kappa shape index (κ3) is 2.84. The molecule has 112 valence electrons. The summed E-state index contributed by atoms with van der Waals surface area (Å²) in [6.07, 6.45) is 1.42. The Labute approximate surface area is 129 Å². The molecule has 5 nitrogen and oxygen atoms in total. The number of rotatable bonds is 4. The number of aromatic nitrogens is 1. The van der Waals surface area contributed by atoms with Gasteiger partial charge in [-0.3, -0.25) is 10.1 Å². The fraction of sp³-hybridized carbons (Fsp3) is 0.0667. The van der Waals surface area contributed by atoms with E-state index in [1.807, 2.05) is 0 Å². The van der Waals surface area contributed by atoms with Crippen LogP contribution in [0.15, 0.2) is 46.4 Å². The van der Waals surface area contributed by atoms with E-state index in [4.69, 9.17) is 9.15 Å². The number of nitrogens with zero attached hydrogens (tertiary/aromatic N) is 1. The Morgan fingerprint density at radius 1 is 1.41 bits per heavy atom. The number of hydrogen-bond acceptors (Lipinski definition) is 5. The van der Waals surface area contributed by atoms with Gasteiger partial charge in [0.25, 0.3) is 5.91 Å². The topological polar surface area (TPSA) is 64.4 Å². The zero-order valence-corrected chi connectivity index (χ0v) is 12.3. The third-order valence-electron chi connectivity index (χ3n) is 2.92. The third-order valence-corrected chi connectivity index (χ3v) is 3.67. The Bertz CT molecular complexity index is 799. The SMILES string of the molecule is COc1ccc(-c2csc(NC(=O)c3ccco3)n2)cc1F. The van der Waals surface area contributed by atoms with Crippen molar-refractivity contribution in [3.8, 4) is 17.0 Å². The van der Waals surface area contributed by atoms with Crippen molar-refractivity contribution in [3.05, 3.63) is 53.6 Å². The van der Waals surface area contributed by atoms with E-state index < -0.39 is 5.82 Å². The van der Waals surface area contributed by atoms with Crippen molar-refractivity contribution in [2.24, 2.45) is 0 Å². The minimum atomic E-state index is -0.464. The van der Waals surface area contributed by atoms with Gasteiger partial charge in [0.15, 0.2) is 22.5 Å². The Morgan fingerprint density at radius 3 is 2.95 bits per heavy atom. The highest BCUT2D eigenvalue weighted by molar-refractivity contribution is 7.14. The van der Waals surface area contributed by atoms with Crippen LogP contribution in [0.4, 0.5) is 9.52 Å². The van der Waals surface area contributed by atoms with E-state index in [-0.39, 0.29) is 17.4 Å². The van der Waals surface area contributed by atoms with Gasteiger partial charge in [-0.15, -0.1) is 11.3 Å². The number of halogens is 1. The average molecular weight is 318 g/mol. The van der Waals surface area contributed by atoms with Crippen LogP contribution in [0, 0.1) is 5.82 Å². The van der Waals surface area contributed by atoms with Crippen molar-refractivity contribution in [2.75, 3.05) is 12.4 Å². The molecule has 22 heavy (non-hydrogen) atoms. The standard InChI is InChI=1S/C15H11FN2O3S/c1-20-12-5-4-9(7-10(12)16)11-8-22-15(17-11)18-14(19)13-3-2-6-21-13/h2-8H,1H3,(H,17,18,19). The normalized spacial score (nSPS) is 10.5. The van der Waals surface area contributed by atoms with Crippen LogP contribution < -0.4 is 10.1 Å². The van der Waals surface area contributed by atoms with Crippen LogP contribution in [-0.2, 0) is 0 Å². The predicted molar refractivity (Wildman–Crippen MR) is 80.7 cm³/mol. The molecular formula is C15H11FN2O3S. The first-order valence-corrected chi connectivity index (χ1v) is 7.19. The van der Waals surface area contributed by atoms with Crippen LogP contribution in [0.1, 0.15) is 10.6 Å². The fourth-order valence-corrected chi connectivity index (χ4v) is 2.57. The number of carbonyl (C=O) groups excluding carboxylic acids is 1. The van der Waals surface area contributed by atoms with Crippen LogP contribution in [-0.4, -0.2) is 18.0 Å². The average Bonchev–Trinajstić information content (AvgIpc) is 3.18. The van der Waals surface area contributed by atoms with Crippen LogP contribution in [0.2, 0.25) is 0 Å². The van der Waals surface area contributed by atoms with E-state index in [0.29, 0.717) is 16.4 Å². The largest absolute Gasteiger partial charge is 0.494 e. The van der Waals surface area contributed by atoms with Gasteiger partial charge in [0.05, 0.1) is 19.1 Å². The molecular weight excluding hydrogens is 307 g/mol. The highest BCUT2D eigenvalue weighted by Gasteiger charge is 2.13. The van der Waals surface area contributed by atoms with E-state index in [1.54, 1.807) is 23.6 Å². The van der Waals surface area contributed by atoms with Gasteiger partial charge in [-0.2, -0.15) is 0 Å². The van der Waals surface area contributed by atoms with Gasteiger partial charge in [-0.25, -0.2) is 9.37 Å². The highest BCUT2D eigenvalue weighted by atomic mass is 32.1. The van der Waals surface area contributed by atoms with E-state index in [1.165, 1.54) is 36.8 Å². The Balaban J connectivity index is 1.79. The molecule has 3 rings (SSSR count). The number of amides is 1. The molecule has 0 fully saturated rings. The number of carbonyl (C=O) groups is 1. The zero-order chi connectivity index (χ0) is 15.5. The summed E-state index contributed by atoms with van der Waals surface area (Å²) >= 11 is 1.25. The maximum atomic E-state index is 13.7. The molecule has 0 aliphatic heterocycles. The number of anilines is 1. The van der Waals surface area contributed by atoms with Gasteiger partial charge < -0.3 is 9.15 Å². The van der Waals surface area contributed by atoms with Crippen molar-refractivity contribution in [3.63, 3.8) is 0 Å². The number of furan rings is 1. The molecule has 1 N–H and O–H groups in total. The molecule has 0 aliphatic carbocycles. The smallest absolute Gasteiger partial charge is 0.293 e. The summed E-state index contributed by atoms with van der Waals surface area (Å²) in [5.41, 5.74) is 1.18. The summed E-state index contributed by atoms with van der Waals surface area (Å²) in [5, 5.41) is 4.77. The van der Waals surface area contributed by atoms with Gasteiger partial charge >= 0.3 is 0 Å². The molecule has 2 heterocycles. The summed E-state index contributed by atoms with van der Waals surface area (Å²) in [6.45, 7) is 0. The van der Waals surface area contributed by atoms with E-state index in [0.717, 1.165) is 0 Å². The lowest BCUT2D eigenvalue weighted by Gasteiger charge is -2.03. The molecule has 3 aromatic rings. The van der Waals surface area contributed by atoms with Gasteiger partial charge in [0, 0.05) is 10.9 Å². The molecule has 1 aromatic carbocycles. The Morgan fingerprint density at radius 2 is 2.27 bits per heavy atom. The molecule has 0 unspecified atom stereocenters. The Hall–Kier alpha value is -2.67. The quantitative estimate of drug-likeness (QED) is 0.794. The second-order valence-electron chi connectivity index (χ2n) is 4.32. The van der Waals surface area contributed by atoms with E-state index in [9.17, 15) is 9.18 Å². The lowest BCUT2D eigenvalue weighted by Crippen LogP contribution is -2.10. The van der Waals surface area contributed by atoms with Gasteiger partial charge in [0.2, 0.25) is 0 Å². The second-order valence-corrected chi connectivity index (χ2v) is 5.18. The summed E-state index contributed by atoms with van der Waals surface area (Å²) < 4.78 is 23.6. The van der Waals surface area contributed by atoms with Crippen LogP contribution >= 0.6 is 11.3 Å². The molecule has 0 radical (unpaired) electrons. The molecule has 1 amide bonds.